The van der Waals surface area contributed by atoms with Gasteiger partial charge in [0.2, 0.25) is 5.91 Å². The van der Waals surface area contributed by atoms with Crippen LogP contribution in [0.5, 0.6) is 0 Å². The number of amides is 1. The average Bonchev–Trinajstić information content (AvgIpc) is 3.25. The molecule has 1 aromatic carbocycles. The SMILES string of the molecule is Cn1cnnc1SCC(=O)N1CCN(C2Cc3ccccc3C2)CC1. The second-order valence-electron chi connectivity index (χ2n) is 6.76. The molecule has 1 aromatic heterocycles. The van der Waals surface area contributed by atoms with E-state index < -0.39 is 0 Å². The molecule has 1 aliphatic carbocycles. The Labute approximate surface area is 152 Å². The maximum absolute atomic E-state index is 12.4. The van der Waals surface area contributed by atoms with E-state index in [-0.39, 0.29) is 5.91 Å². The second-order valence-corrected chi connectivity index (χ2v) is 7.70. The van der Waals surface area contributed by atoms with E-state index >= 15 is 0 Å². The predicted octanol–water partition coefficient (Wildman–Crippen LogP) is 1.22. The fourth-order valence-electron chi connectivity index (χ4n) is 3.75. The Kier molecular flexibility index (Phi) is 4.76. The molecule has 1 aliphatic heterocycles. The Hall–Kier alpha value is -1.86. The number of fused-ring (bicyclic) bond motifs is 1. The summed E-state index contributed by atoms with van der Waals surface area (Å²) in [5, 5.41) is 8.65. The van der Waals surface area contributed by atoms with Crippen molar-refractivity contribution in [1.29, 1.82) is 0 Å². The smallest absolute Gasteiger partial charge is 0.233 e. The molecule has 1 amide bonds. The Morgan fingerprint density at radius 1 is 1.16 bits per heavy atom. The minimum Gasteiger partial charge on any atom is -0.339 e. The standard InChI is InChI=1S/C18H23N5OS/c1-21-13-19-20-18(21)25-12-17(24)23-8-6-22(7-9-23)16-10-14-4-2-3-5-15(14)11-16/h2-5,13,16H,6-12H2,1H3. The Bertz CT molecular complexity index is 728. The molecule has 2 aromatic rings. The third kappa shape index (κ3) is 3.57. The van der Waals surface area contributed by atoms with Crippen LogP contribution in [-0.4, -0.2) is 68.4 Å². The van der Waals surface area contributed by atoms with Crippen molar-refractivity contribution in [3.05, 3.63) is 41.7 Å². The van der Waals surface area contributed by atoms with E-state index in [1.165, 1.54) is 22.9 Å². The summed E-state index contributed by atoms with van der Waals surface area (Å²) >= 11 is 1.46. The van der Waals surface area contributed by atoms with Gasteiger partial charge in [0.25, 0.3) is 0 Å². The highest BCUT2D eigenvalue weighted by Gasteiger charge is 2.30. The van der Waals surface area contributed by atoms with Crippen molar-refractivity contribution < 1.29 is 4.79 Å². The van der Waals surface area contributed by atoms with Gasteiger partial charge < -0.3 is 9.47 Å². The Balaban J connectivity index is 1.26. The normalized spacial score (nSPS) is 18.5. The third-order valence-corrected chi connectivity index (χ3v) is 6.23. The largest absolute Gasteiger partial charge is 0.339 e. The van der Waals surface area contributed by atoms with Crippen molar-refractivity contribution in [2.24, 2.45) is 7.05 Å². The lowest BCUT2D eigenvalue weighted by Crippen LogP contribution is -2.52. The lowest BCUT2D eigenvalue weighted by Gasteiger charge is -2.38. The molecule has 7 heteroatoms. The van der Waals surface area contributed by atoms with Gasteiger partial charge >= 0.3 is 0 Å². The predicted molar refractivity (Wildman–Crippen MR) is 97.5 cm³/mol. The number of aryl methyl sites for hydroxylation is 1. The molecular formula is C18H23N5OS. The number of benzene rings is 1. The lowest BCUT2D eigenvalue weighted by atomic mass is 10.1. The summed E-state index contributed by atoms with van der Waals surface area (Å²) in [7, 11) is 1.89. The molecule has 2 aliphatic rings. The van der Waals surface area contributed by atoms with Gasteiger partial charge in [0.1, 0.15) is 6.33 Å². The molecule has 6 nitrogen and oxygen atoms in total. The highest BCUT2D eigenvalue weighted by molar-refractivity contribution is 7.99. The first-order chi connectivity index (χ1) is 12.2. The first-order valence-electron chi connectivity index (χ1n) is 8.76. The van der Waals surface area contributed by atoms with E-state index in [0.29, 0.717) is 11.8 Å². The Morgan fingerprint density at radius 2 is 1.84 bits per heavy atom. The zero-order valence-corrected chi connectivity index (χ0v) is 15.3. The number of nitrogens with zero attached hydrogens (tertiary/aromatic N) is 5. The van der Waals surface area contributed by atoms with Crippen molar-refractivity contribution in [2.75, 3.05) is 31.9 Å². The van der Waals surface area contributed by atoms with Crippen LogP contribution in [0.1, 0.15) is 11.1 Å². The van der Waals surface area contributed by atoms with Gasteiger partial charge in [-0.15, -0.1) is 10.2 Å². The maximum atomic E-state index is 12.4. The van der Waals surface area contributed by atoms with Crippen LogP contribution in [0, 0.1) is 0 Å². The minimum atomic E-state index is 0.197. The van der Waals surface area contributed by atoms with Gasteiger partial charge in [-0.2, -0.15) is 0 Å². The minimum absolute atomic E-state index is 0.197. The molecular weight excluding hydrogens is 334 g/mol. The number of hydrogen-bond donors (Lipinski definition) is 0. The number of piperazine rings is 1. The van der Waals surface area contributed by atoms with E-state index in [1.807, 2.05) is 16.5 Å². The summed E-state index contributed by atoms with van der Waals surface area (Å²) in [5.74, 6) is 0.629. The van der Waals surface area contributed by atoms with Crippen LogP contribution >= 0.6 is 11.8 Å². The molecule has 0 bridgehead atoms. The van der Waals surface area contributed by atoms with Gasteiger partial charge in [0, 0.05) is 39.3 Å². The molecule has 1 fully saturated rings. The second kappa shape index (κ2) is 7.17. The monoisotopic (exact) mass is 357 g/mol. The van der Waals surface area contributed by atoms with E-state index in [1.54, 1.807) is 6.33 Å². The number of hydrogen-bond acceptors (Lipinski definition) is 5. The van der Waals surface area contributed by atoms with Gasteiger partial charge in [-0.3, -0.25) is 9.69 Å². The van der Waals surface area contributed by atoms with Gasteiger partial charge in [-0.1, -0.05) is 36.0 Å². The first kappa shape index (κ1) is 16.6. The van der Waals surface area contributed by atoms with Crippen LogP contribution in [0.3, 0.4) is 0 Å². The molecule has 0 unspecified atom stereocenters. The zero-order chi connectivity index (χ0) is 17.2. The van der Waals surface area contributed by atoms with Gasteiger partial charge in [-0.25, -0.2) is 0 Å². The molecule has 0 radical (unpaired) electrons. The van der Waals surface area contributed by atoms with Crippen molar-refractivity contribution in [2.45, 2.75) is 24.0 Å². The number of aromatic nitrogens is 3. The average molecular weight is 357 g/mol. The third-order valence-electron chi connectivity index (χ3n) is 5.21. The molecule has 1 saturated heterocycles. The van der Waals surface area contributed by atoms with Crippen LogP contribution in [0.4, 0.5) is 0 Å². The van der Waals surface area contributed by atoms with Gasteiger partial charge in [0.15, 0.2) is 5.16 Å². The van der Waals surface area contributed by atoms with Crippen molar-refractivity contribution in [3.63, 3.8) is 0 Å². The summed E-state index contributed by atoms with van der Waals surface area (Å²) in [6.07, 6.45) is 3.95. The van der Waals surface area contributed by atoms with Crippen molar-refractivity contribution in [3.8, 4) is 0 Å². The van der Waals surface area contributed by atoms with Crippen LogP contribution in [0.15, 0.2) is 35.7 Å². The van der Waals surface area contributed by atoms with Crippen LogP contribution < -0.4 is 0 Å². The zero-order valence-electron chi connectivity index (χ0n) is 14.5. The Morgan fingerprint density at radius 3 is 2.44 bits per heavy atom. The highest BCUT2D eigenvalue weighted by atomic mass is 32.2. The summed E-state index contributed by atoms with van der Waals surface area (Å²) in [4.78, 5) is 17.0. The first-order valence-corrected chi connectivity index (χ1v) is 9.74. The summed E-state index contributed by atoms with van der Waals surface area (Å²) in [5.41, 5.74) is 2.98. The van der Waals surface area contributed by atoms with Gasteiger partial charge in [0.05, 0.1) is 5.75 Å². The molecule has 25 heavy (non-hydrogen) atoms. The maximum Gasteiger partial charge on any atom is 0.233 e. The van der Waals surface area contributed by atoms with E-state index in [0.717, 1.165) is 44.2 Å². The quantitative estimate of drug-likeness (QED) is 0.770. The fraction of sp³-hybridized carbons (Fsp3) is 0.500. The summed E-state index contributed by atoms with van der Waals surface area (Å²) < 4.78 is 1.84. The molecule has 4 rings (SSSR count). The van der Waals surface area contributed by atoms with Crippen LogP contribution in [-0.2, 0) is 24.7 Å². The lowest BCUT2D eigenvalue weighted by molar-refractivity contribution is -0.130. The summed E-state index contributed by atoms with van der Waals surface area (Å²) in [6, 6.07) is 9.36. The number of rotatable bonds is 4. The number of thioether (sulfide) groups is 1. The molecule has 2 heterocycles. The highest BCUT2D eigenvalue weighted by Crippen LogP contribution is 2.26. The van der Waals surface area contributed by atoms with E-state index in [9.17, 15) is 4.79 Å². The van der Waals surface area contributed by atoms with E-state index in [4.69, 9.17) is 0 Å². The molecule has 0 spiro atoms. The molecule has 0 saturated carbocycles. The summed E-state index contributed by atoms with van der Waals surface area (Å²) in [6.45, 7) is 3.59. The van der Waals surface area contributed by atoms with E-state index in [2.05, 4.69) is 39.4 Å². The molecule has 132 valence electrons. The topological polar surface area (TPSA) is 54.3 Å². The van der Waals surface area contributed by atoms with Crippen molar-refractivity contribution >= 4 is 17.7 Å². The van der Waals surface area contributed by atoms with Gasteiger partial charge in [-0.05, 0) is 24.0 Å². The number of carbonyl (C=O) groups excluding carboxylic acids is 1. The number of carbonyl (C=O) groups is 1. The van der Waals surface area contributed by atoms with Crippen LogP contribution in [0.2, 0.25) is 0 Å². The molecule has 0 atom stereocenters. The fourth-order valence-corrected chi connectivity index (χ4v) is 4.54. The van der Waals surface area contributed by atoms with Crippen molar-refractivity contribution in [1.82, 2.24) is 24.6 Å². The van der Waals surface area contributed by atoms with Crippen LogP contribution in [0.25, 0.3) is 0 Å². The molecule has 0 N–H and O–H groups in total.